The molecule has 55 heavy (non-hydrogen) atoms. The minimum atomic E-state index is -0.711. The Labute approximate surface area is 331 Å². The summed E-state index contributed by atoms with van der Waals surface area (Å²) in [5.41, 5.74) is 0.233. The topological polar surface area (TPSA) is 118 Å². The first-order valence-electron chi connectivity index (χ1n) is 23.2. The number of hydrogen-bond donors (Lipinski definition) is 2. The lowest BCUT2D eigenvalue weighted by Crippen LogP contribution is -2.57. The molecule has 0 heterocycles. The van der Waals surface area contributed by atoms with Gasteiger partial charge in [-0.2, -0.15) is 0 Å². The first-order valence-corrected chi connectivity index (χ1v) is 23.2. The third kappa shape index (κ3) is 6.43. The van der Waals surface area contributed by atoms with Crippen LogP contribution in [0.4, 0.5) is 0 Å². The first kappa shape index (κ1) is 40.0. The van der Waals surface area contributed by atoms with Crippen LogP contribution in [0.25, 0.3) is 0 Å². The quantitative estimate of drug-likeness (QED) is 0.225. The Morgan fingerprint density at radius 2 is 1.29 bits per heavy atom. The van der Waals surface area contributed by atoms with Crippen molar-refractivity contribution in [1.82, 2.24) is 0 Å². The van der Waals surface area contributed by atoms with Crippen molar-refractivity contribution in [2.24, 2.45) is 92.7 Å². The van der Waals surface area contributed by atoms with Crippen molar-refractivity contribution < 1.29 is 34.1 Å². The molecule has 18 atom stereocenters. The Kier molecular flexibility index (Phi) is 10.6. The summed E-state index contributed by atoms with van der Waals surface area (Å²) in [6, 6.07) is 0. The number of carbonyl (C=O) groups excluding carboxylic acids is 3. The van der Waals surface area contributed by atoms with E-state index in [1.807, 2.05) is 0 Å². The van der Waals surface area contributed by atoms with Gasteiger partial charge < -0.3 is 14.9 Å². The fourth-order valence-electron chi connectivity index (χ4n) is 17.4. The highest BCUT2D eigenvalue weighted by atomic mass is 16.5. The number of carbonyl (C=O) groups is 4. The van der Waals surface area contributed by atoms with Gasteiger partial charge in [0.15, 0.2) is 0 Å². The van der Waals surface area contributed by atoms with Crippen LogP contribution in [0.15, 0.2) is 0 Å². The van der Waals surface area contributed by atoms with Gasteiger partial charge in [0.05, 0.1) is 6.10 Å². The number of esters is 1. The van der Waals surface area contributed by atoms with E-state index in [1.54, 1.807) is 0 Å². The second-order valence-corrected chi connectivity index (χ2v) is 22.3. The second-order valence-electron chi connectivity index (χ2n) is 22.3. The molecule has 0 spiro atoms. The van der Waals surface area contributed by atoms with Crippen molar-refractivity contribution in [1.29, 1.82) is 0 Å². The molecule has 0 amide bonds. The molecule has 2 N–H and O–H groups in total. The molecule has 8 rings (SSSR count). The van der Waals surface area contributed by atoms with E-state index in [1.165, 1.54) is 25.7 Å². The molecule has 0 aromatic heterocycles. The average Bonchev–Trinajstić information content (AvgIpc) is 3.67. The summed E-state index contributed by atoms with van der Waals surface area (Å²) in [4.78, 5) is 52.4. The number of carboxylic acids is 1. The maximum absolute atomic E-state index is 14.1. The van der Waals surface area contributed by atoms with Crippen molar-refractivity contribution in [3.05, 3.63) is 0 Å². The van der Waals surface area contributed by atoms with Gasteiger partial charge in [-0.05, 0) is 184 Å². The standard InChI is InChI=1S/C48H74O7/c1-27(7-15-42(52)53)35-12-14-38-44-39(19-22-47(35,38)5)45(3)20-17-32(24-30(45)25-40(44)50)55-43(54)16-8-28(2)34-11-13-36-33-10-9-29-23-31(49)26-41(51)48(29,6)37(33)18-21-46(34,36)4/h27-39,44,49H,7-26H2,1-6H3,(H,52,53)/t27-,28-,29?,30+,31+,32-,33?,34-,35-,36?,37?,38+,39+,44+,45+,46-,47-,48+/m1/s1. The third-order valence-corrected chi connectivity index (χ3v) is 20.3. The van der Waals surface area contributed by atoms with Crippen LogP contribution in [-0.4, -0.2) is 45.9 Å². The van der Waals surface area contributed by atoms with Gasteiger partial charge in [-0.15, -0.1) is 0 Å². The maximum Gasteiger partial charge on any atom is 0.306 e. The third-order valence-electron chi connectivity index (χ3n) is 20.3. The predicted octanol–water partition coefficient (Wildman–Crippen LogP) is 9.85. The molecule has 0 aromatic carbocycles. The molecule has 4 unspecified atom stereocenters. The van der Waals surface area contributed by atoms with Crippen LogP contribution in [0.2, 0.25) is 0 Å². The van der Waals surface area contributed by atoms with Crippen LogP contribution < -0.4 is 0 Å². The number of aliphatic hydroxyl groups excluding tert-OH is 1. The van der Waals surface area contributed by atoms with E-state index in [2.05, 4.69) is 41.5 Å². The summed E-state index contributed by atoms with van der Waals surface area (Å²) in [6.07, 6.45) is 17.7. The Morgan fingerprint density at radius 1 is 0.691 bits per heavy atom. The van der Waals surface area contributed by atoms with Gasteiger partial charge in [0.1, 0.15) is 17.7 Å². The van der Waals surface area contributed by atoms with Crippen LogP contribution in [0.3, 0.4) is 0 Å². The number of ketones is 2. The number of aliphatic hydroxyl groups is 1. The van der Waals surface area contributed by atoms with Crippen LogP contribution >= 0.6 is 0 Å². The fraction of sp³-hybridized carbons (Fsp3) is 0.917. The van der Waals surface area contributed by atoms with Crippen LogP contribution in [0, 0.1) is 92.7 Å². The number of ether oxygens (including phenoxy) is 1. The highest BCUT2D eigenvalue weighted by molar-refractivity contribution is 5.86. The monoisotopic (exact) mass is 763 g/mol. The molecular weight excluding hydrogens is 689 g/mol. The predicted molar refractivity (Wildman–Crippen MR) is 212 cm³/mol. The molecular formula is C48H74O7. The summed E-state index contributed by atoms with van der Waals surface area (Å²) in [5, 5.41) is 19.7. The SMILES string of the molecule is C[C@H](CCC(=O)O)[C@H]1CC[C@H]2[C@@H]3C(=O)C[C@@H]4C[C@H](OC(=O)CC[C@@H](C)[C@H]5CCC6C7CCC8C[C@H](O)CC(=O)[C@]8(C)C7CC[C@@]65C)CC[C@]4(C)[C@H]3CC[C@]12C. The van der Waals surface area contributed by atoms with Gasteiger partial charge in [-0.1, -0.05) is 41.5 Å². The van der Waals surface area contributed by atoms with Gasteiger partial charge in [0.2, 0.25) is 0 Å². The van der Waals surface area contributed by atoms with Crippen LogP contribution in [0.1, 0.15) is 170 Å². The molecule has 8 aliphatic rings. The first-order chi connectivity index (χ1) is 26.0. The highest BCUT2D eigenvalue weighted by Crippen LogP contribution is 2.69. The number of rotatable bonds is 9. The molecule has 308 valence electrons. The number of carboxylic acid groups (broad SMARTS) is 1. The Morgan fingerprint density at radius 3 is 1.98 bits per heavy atom. The van der Waals surface area contributed by atoms with Gasteiger partial charge in [0, 0.05) is 37.0 Å². The van der Waals surface area contributed by atoms with E-state index in [0.717, 1.165) is 77.0 Å². The van der Waals surface area contributed by atoms with Crippen molar-refractivity contribution in [3.63, 3.8) is 0 Å². The molecule has 7 heteroatoms. The summed E-state index contributed by atoms with van der Waals surface area (Å²) in [6.45, 7) is 14.3. The molecule has 0 radical (unpaired) electrons. The lowest BCUT2D eigenvalue weighted by Gasteiger charge is -2.60. The molecule has 0 bridgehead atoms. The molecule has 7 nitrogen and oxygen atoms in total. The normalized spacial score (nSPS) is 50.0. The van der Waals surface area contributed by atoms with Gasteiger partial charge in [-0.3, -0.25) is 19.2 Å². The molecule has 8 saturated carbocycles. The van der Waals surface area contributed by atoms with Crippen LogP contribution in [0.5, 0.6) is 0 Å². The van der Waals surface area contributed by atoms with E-state index in [-0.39, 0.29) is 52.0 Å². The number of Topliss-reactive ketones (excluding diaryl/α,β-unsaturated/α-hetero) is 2. The van der Waals surface area contributed by atoms with E-state index >= 15 is 0 Å². The van der Waals surface area contributed by atoms with E-state index in [4.69, 9.17) is 4.74 Å². The Balaban J connectivity index is 0.843. The smallest absolute Gasteiger partial charge is 0.306 e. The zero-order valence-corrected chi connectivity index (χ0v) is 35.2. The van der Waals surface area contributed by atoms with E-state index in [0.29, 0.717) is 90.0 Å². The number of hydrogen-bond acceptors (Lipinski definition) is 6. The fourth-order valence-corrected chi connectivity index (χ4v) is 17.4. The second kappa shape index (κ2) is 14.5. The van der Waals surface area contributed by atoms with Crippen molar-refractivity contribution in [3.8, 4) is 0 Å². The van der Waals surface area contributed by atoms with Crippen molar-refractivity contribution in [2.45, 2.75) is 182 Å². The minimum Gasteiger partial charge on any atom is -0.481 e. The summed E-state index contributed by atoms with van der Waals surface area (Å²) >= 11 is 0. The maximum atomic E-state index is 14.1. The highest BCUT2D eigenvalue weighted by Gasteiger charge is 2.65. The zero-order chi connectivity index (χ0) is 39.2. The van der Waals surface area contributed by atoms with E-state index in [9.17, 15) is 29.4 Å². The molecule has 8 fully saturated rings. The zero-order valence-electron chi connectivity index (χ0n) is 35.2. The van der Waals surface area contributed by atoms with E-state index < -0.39 is 12.1 Å². The lowest BCUT2D eigenvalue weighted by molar-refractivity contribution is -0.169. The molecule has 0 aliphatic heterocycles. The molecule has 0 saturated heterocycles. The lowest BCUT2D eigenvalue weighted by atomic mass is 9.44. The molecule has 8 aliphatic carbocycles. The summed E-state index contributed by atoms with van der Waals surface area (Å²) < 4.78 is 6.27. The van der Waals surface area contributed by atoms with Gasteiger partial charge in [-0.25, -0.2) is 0 Å². The van der Waals surface area contributed by atoms with Gasteiger partial charge in [0.25, 0.3) is 0 Å². The van der Waals surface area contributed by atoms with Crippen LogP contribution in [-0.2, 0) is 23.9 Å². The van der Waals surface area contributed by atoms with Crippen molar-refractivity contribution >= 4 is 23.5 Å². The molecule has 0 aromatic rings. The Bertz CT molecular complexity index is 1520. The summed E-state index contributed by atoms with van der Waals surface area (Å²) in [5.74, 6) is 5.18. The number of fused-ring (bicyclic) bond motifs is 10. The minimum absolute atomic E-state index is 0.0597. The average molecular weight is 763 g/mol. The number of aliphatic carboxylic acids is 1. The van der Waals surface area contributed by atoms with Crippen molar-refractivity contribution in [2.75, 3.05) is 0 Å². The largest absolute Gasteiger partial charge is 0.481 e. The summed E-state index contributed by atoms with van der Waals surface area (Å²) in [7, 11) is 0. The Hall–Kier alpha value is -1.76. The van der Waals surface area contributed by atoms with Gasteiger partial charge >= 0.3 is 11.9 Å².